The number of hydrogen-bond donors (Lipinski definition) is 0. The van der Waals surface area contributed by atoms with E-state index < -0.39 is 11.6 Å². The van der Waals surface area contributed by atoms with E-state index in [1.54, 1.807) is 55.6 Å². The molecule has 0 spiro atoms. The SMILES string of the molecule is COc1ccc(-c2nc(-c3ccccc3F)cnc2-c2ccccc2F)cc1. The van der Waals surface area contributed by atoms with Crippen LogP contribution in [0.5, 0.6) is 5.75 Å². The largest absolute Gasteiger partial charge is 0.497 e. The molecule has 0 fully saturated rings. The van der Waals surface area contributed by atoms with Gasteiger partial charge in [0.25, 0.3) is 0 Å². The van der Waals surface area contributed by atoms with Crippen LogP contribution in [0.1, 0.15) is 0 Å². The van der Waals surface area contributed by atoms with Crippen molar-refractivity contribution in [2.24, 2.45) is 0 Å². The minimum Gasteiger partial charge on any atom is -0.497 e. The second-order valence-electron chi connectivity index (χ2n) is 6.14. The predicted octanol–water partition coefficient (Wildman–Crippen LogP) is 5.76. The Bertz CT molecular complexity index is 1130. The van der Waals surface area contributed by atoms with E-state index in [0.717, 1.165) is 5.56 Å². The Morgan fingerprint density at radius 3 is 1.93 bits per heavy atom. The average molecular weight is 374 g/mol. The van der Waals surface area contributed by atoms with Crippen molar-refractivity contribution in [2.45, 2.75) is 0 Å². The van der Waals surface area contributed by atoms with E-state index in [-0.39, 0.29) is 0 Å². The number of nitrogens with zero attached hydrogens (tertiary/aromatic N) is 2. The van der Waals surface area contributed by atoms with Gasteiger partial charge in [-0.05, 0) is 48.5 Å². The Balaban J connectivity index is 1.94. The van der Waals surface area contributed by atoms with Crippen molar-refractivity contribution in [3.8, 4) is 39.5 Å². The summed E-state index contributed by atoms with van der Waals surface area (Å²) < 4.78 is 33.9. The van der Waals surface area contributed by atoms with E-state index in [1.807, 2.05) is 12.1 Å². The number of halogens is 2. The Kier molecular flexibility index (Phi) is 4.81. The quantitative estimate of drug-likeness (QED) is 0.455. The first-order valence-electron chi connectivity index (χ1n) is 8.68. The summed E-state index contributed by atoms with van der Waals surface area (Å²) in [5, 5.41) is 0. The molecule has 0 unspecified atom stereocenters. The topological polar surface area (TPSA) is 35.0 Å². The Hall–Kier alpha value is -3.60. The molecule has 4 rings (SSSR count). The molecule has 0 aliphatic carbocycles. The van der Waals surface area contributed by atoms with Gasteiger partial charge in [0, 0.05) is 16.7 Å². The smallest absolute Gasteiger partial charge is 0.132 e. The minimum atomic E-state index is -0.398. The summed E-state index contributed by atoms with van der Waals surface area (Å²) in [4.78, 5) is 9.08. The predicted molar refractivity (Wildman–Crippen MR) is 105 cm³/mol. The molecule has 0 bridgehead atoms. The van der Waals surface area contributed by atoms with Gasteiger partial charge in [-0.25, -0.2) is 13.8 Å². The van der Waals surface area contributed by atoms with Gasteiger partial charge in [-0.3, -0.25) is 4.98 Å². The zero-order valence-corrected chi connectivity index (χ0v) is 15.1. The van der Waals surface area contributed by atoms with Crippen molar-refractivity contribution >= 4 is 0 Å². The third-order valence-corrected chi connectivity index (χ3v) is 4.41. The Morgan fingerprint density at radius 2 is 1.32 bits per heavy atom. The lowest BCUT2D eigenvalue weighted by Crippen LogP contribution is -1.98. The van der Waals surface area contributed by atoms with Crippen LogP contribution in [0.3, 0.4) is 0 Å². The molecule has 4 aromatic rings. The van der Waals surface area contributed by atoms with Crippen LogP contribution in [0.25, 0.3) is 33.8 Å². The van der Waals surface area contributed by atoms with Gasteiger partial charge in [0.2, 0.25) is 0 Å². The highest BCUT2D eigenvalue weighted by atomic mass is 19.1. The van der Waals surface area contributed by atoms with Crippen LogP contribution in [0, 0.1) is 11.6 Å². The first-order chi connectivity index (χ1) is 13.7. The van der Waals surface area contributed by atoms with Crippen molar-refractivity contribution in [1.29, 1.82) is 0 Å². The number of ether oxygens (including phenoxy) is 1. The second kappa shape index (κ2) is 7.56. The van der Waals surface area contributed by atoms with Gasteiger partial charge >= 0.3 is 0 Å². The van der Waals surface area contributed by atoms with Crippen LogP contribution in [0.15, 0.2) is 79.0 Å². The molecular formula is C23H16F2N2O. The molecule has 0 saturated carbocycles. The second-order valence-corrected chi connectivity index (χ2v) is 6.14. The fourth-order valence-electron chi connectivity index (χ4n) is 2.99. The van der Waals surface area contributed by atoms with Crippen LogP contribution < -0.4 is 4.74 Å². The van der Waals surface area contributed by atoms with E-state index in [2.05, 4.69) is 9.97 Å². The van der Waals surface area contributed by atoms with Crippen LogP contribution in [0.4, 0.5) is 8.78 Å². The van der Waals surface area contributed by atoms with E-state index in [0.29, 0.717) is 34.0 Å². The molecule has 0 radical (unpaired) electrons. The Labute approximate surface area is 161 Å². The minimum absolute atomic E-state index is 0.334. The molecule has 1 aromatic heterocycles. The van der Waals surface area contributed by atoms with Gasteiger partial charge in [0.05, 0.1) is 30.4 Å². The molecule has 28 heavy (non-hydrogen) atoms. The molecular weight excluding hydrogens is 358 g/mol. The van der Waals surface area contributed by atoms with Crippen molar-refractivity contribution in [1.82, 2.24) is 9.97 Å². The third-order valence-electron chi connectivity index (χ3n) is 4.41. The number of aromatic nitrogens is 2. The van der Waals surface area contributed by atoms with E-state index in [4.69, 9.17) is 4.74 Å². The maximum Gasteiger partial charge on any atom is 0.132 e. The van der Waals surface area contributed by atoms with Gasteiger partial charge in [-0.15, -0.1) is 0 Å². The highest BCUT2D eigenvalue weighted by molar-refractivity contribution is 5.80. The zero-order valence-electron chi connectivity index (χ0n) is 15.1. The first kappa shape index (κ1) is 17.8. The maximum atomic E-state index is 14.4. The van der Waals surface area contributed by atoms with Gasteiger partial charge in [-0.1, -0.05) is 24.3 Å². The van der Waals surface area contributed by atoms with Crippen molar-refractivity contribution in [3.05, 3.63) is 90.6 Å². The zero-order chi connectivity index (χ0) is 19.5. The molecule has 0 atom stereocenters. The lowest BCUT2D eigenvalue weighted by Gasteiger charge is -2.12. The lowest BCUT2D eigenvalue weighted by atomic mass is 10.0. The highest BCUT2D eigenvalue weighted by Crippen LogP contribution is 2.33. The van der Waals surface area contributed by atoms with Gasteiger partial charge in [-0.2, -0.15) is 0 Å². The standard InChI is InChI=1S/C23H16F2N2O/c1-28-16-12-10-15(11-13-16)22-23(18-7-3-5-9-20(18)25)26-14-21(27-22)17-6-2-4-8-19(17)24/h2-14H,1H3. The molecule has 1 heterocycles. The lowest BCUT2D eigenvalue weighted by molar-refractivity contribution is 0.415. The van der Waals surface area contributed by atoms with E-state index >= 15 is 0 Å². The number of benzene rings is 3. The van der Waals surface area contributed by atoms with Crippen LogP contribution in [-0.2, 0) is 0 Å². The summed E-state index contributed by atoms with van der Waals surface area (Å²) in [6.45, 7) is 0. The molecule has 0 N–H and O–H groups in total. The van der Waals surface area contributed by atoms with E-state index in [1.165, 1.54) is 18.3 Å². The van der Waals surface area contributed by atoms with Gasteiger partial charge in [0.1, 0.15) is 17.4 Å². The molecule has 5 heteroatoms. The molecule has 3 nitrogen and oxygen atoms in total. The maximum absolute atomic E-state index is 14.4. The highest BCUT2D eigenvalue weighted by Gasteiger charge is 2.17. The molecule has 0 aliphatic heterocycles. The van der Waals surface area contributed by atoms with E-state index in [9.17, 15) is 8.78 Å². The molecule has 0 saturated heterocycles. The van der Waals surface area contributed by atoms with Crippen molar-refractivity contribution in [3.63, 3.8) is 0 Å². The van der Waals surface area contributed by atoms with Crippen molar-refractivity contribution < 1.29 is 13.5 Å². The summed E-state index contributed by atoms with van der Waals surface area (Å²) in [5.41, 5.74) is 2.64. The normalized spacial score (nSPS) is 10.7. The molecule has 3 aromatic carbocycles. The summed E-state index contributed by atoms with van der Waals surface area (Å²) in [7, 11) is 1.58. The summed E-state index contributed by atoms with van der Waals surface area (Å²) >= 11 is 0. The van der Waals surface area contributed by atoms with Crippen LogP contribution >= 0.6 is 0 Å². The fraction of sp³-hybridized carbons (Fsp3) is 0.0435. The van der Waals surface area contributed by atoms with Gasteiger partial charge in [0.15, 0.2) is 0 Å². The van der Waals surface area contributed by atoms with Crippen molar-refractivity contribution in [2.75, 3.05) is 7.11 Å². The van der Waals surface area contributed by atoms with Crippen LogP contribution in [-0.4, -0.2) is 17.1 Å². The Morgan fingerprint density at radius 1 is 0.714 bits per heavy atom. The molecule has 138 valence electrons. The number of rotatable bonds is 4. The summed E-state index contributed by atoms with van der Waals surface area (Å²) in [5.74, 6) is -0.101. The average Bonchev–Trinajstić information content (AvgIpc) is 2.74. The first-order valence-corrected chi connectivity index (χ1v) is 8.68. The molecule has 0 amide bonds. The summed E-state index contributed by atoms with van der Waals surface area (Å²) in [6.07, 6.45) is 1.47. The fourth-order valence-corrected chi connectivity index (χ4v) is 2.99. The number of hydrogen-bond acceptors (Lipinski definition) is 3. The monoisotopic (exact) mass is 374 g/mol. The third kappa shape index (κ3) is 3.34. The molecule has 0 aliphatic rings. The van der Waals surface area contributed by atoms with Gasteiger partial charge < -0.3 is 4.74 Å². The summed E-state index contributed by atoms with van der Waals surface area (Å²) in [6, 6.07) is 20.0. The number of methoxy groups -OCH3 is 1. The van der Waals surface area contributed by atoms with Crippen LogP contribution in [0.2, 0.25) is 0 Å².